The first kappa shape index (κ1) is 13.6. The van der Waals surface area contributed by atoms with Gasteiger partial charge in [0.2, 0.25) is 0 Å². The van der Waals surface area contributed by atoms with Crippen LogP contribution in [-0.2, 0) is 12.0 Å². The molecule has 0 aliphatic rings. The van der Waals surface area contributed by atoms with Crippen molar-refractivity contribution in [3.8, 4) is 0 Å². The molecular formula is C15H14F3N. The highest BCUT2D eigenvalue weighted by molar-refractivity contribution is 5.29. The van der Waals surface area contributed by atoms with Crippen LogP contribution in [-0.4, -0.2) is 0 Å². The number of rotatable bonds is 3. The maximum Gasteiger partial charge on any atom is 0.131 e. The van der Waals surface area contributed by atoms with Gasteiger partial charge in [-0.3, -0.25) is 0 Å². The standard InChI is InChI=1S/C15H14F3N/c1-15(19,9-10-2-4-11(16)5-3-10)13-7-6-12(17)8-14(13)18/h2-8H,9,19H2,1H3. The summed E-state index contributed by atoms with van der Waals surface area (Å²) in [6.45, 7) is 1.66. The molecule has 1 unspecified atom stereocenters. The summed E-state index contributed by atoms with van der Waals surface area (Å²) in [5, 5.41) is 0. The third-order valence-electron chi connectivity index (χ3n) is 3.03. The lowest BCUT2D eigenvalue weighted by molar-refractivity contribution is 0.452. The summed E-state index contributed by atoms with van der Waals surface area (Å²) in [6.07, 6.45) is 0.329. The van der Waals surface area contributed by atoms with Gasteiger partial charge in [-0.05, 0) is 37.1 Å². The van der Waals surface area contributed by atoms with Crippen molar-refractivity contribution in [1.29, 1.82) is 0 Å². The van der Waals surface area contributed by atoms with Crippen LogP contribution in [0.5, 0.6) is 0 Å². The first-order valence-electron chi connectivity index (χ1n) is 5.87. The second-order valence-electron chi connectivity index (χ2n) is 4.84. The van der Waals surface area contributed by atoms with Gasteiger partial charge in [0.05, 0.1) is 0 Å². The maximum atomic E-state index is 13.7. The number of nitrogens with two attached hydrogens (primary N) is 1. The molecule has 1 nitrogen and oxygen atoms in total. The van der Waals surface area contributed by atoms with E-state index in [-0.39, 0.29) is 11.4 Å². The zero-order valence-corrected chi connectivity index (χ0v) is 10.5. The highest BCUT2D eigenvalue weighted by atomic mass is 19.1. The first-order valence-corrected chi connectivity index (χ1v) is 5.87. The Morgan fingerprint density at radius 2 is 1.53 bits per heavy atom. The van der Waals surface area contributed by atoms with Crippen molar-refractivity contribution in [3.05, 3.63) is 71.0 Å². The van der Waals surface area contributed by atoms with Gasteiger partial charge in [-0.15, -0.1) is 0 Å². The average Bonchev–Trinajstić information content (AvgIpc) is 2.31. The average molecular weight is 265 g/mol. The van der Waals surface area contributed by atoms with Crippen LogP contribution >= 0.6 is 0 Å². The van der Waals surface area contributed by atoms with E-state index in [1.165, 1.54) is 24.3 Å². The van der Waals surface area contributed by atoms with Gasteiger partial charge in [0.1, 0.15) is 17.5 Å². The second-order valence-corrected chi connectivity index (χ2v) is 4.84. The fourth-order valence-corrected chi connectivity index (χ4v) is 2.07. The molecule has 0 aliphatic carbocycles. The molecule has 2 rings (SSSR count). The Labute approximate surface area is 109 Å². The van der Waals surface area contributed by atoms with Crippen molar-refractivity contribution in [1.82, 2.24) is 0 Å². The Morgan fingerprint density at radius 3 is 2.11 bits per heavy atom. The smallest absolute Gasteiger partial charge is 0.131 e. The molecule has 2 N–H and O–H groups in total. The summed E-state index contributed by atoms with van der Waals surface area (Å²) in [5.41, 5.74) is 6.13. The van der Waals surface area contributed by atoms with Crippen molar-refractivity contribution in [2.75, 3.05) is 0 Å². The van der Waals surface area contributed by atoms with E-state index >= 15 is 0 Å². The predicted molar refractivity (Wildman–Crippen MR) is 68.0 cm³/mol. The van der Waals surface area contributed by atoms with Crippen LogP contribution in [0.25, 0.3) is 0 Å². The SMILES string of the molecule is CC(N)(Cc1ccc(F)cc1)c1ccc(F)cc1F. The van der Waals surface area contributed by atoms with Crippen LogP contribution in [0.4, 0.5) is 13.2 Å². The number of hydrogen-bond acceptors (Lipinski definition) is 1. The monoisotopic (exact) mass is 265 g/mol. The molecule has 0 aromatic heterocycles. The largest absolute Gasteiger partial charge is 0.321 e. The fourth-order valence-electron chi connectivity index (χ4n) is 2.07. The summed E-state index contributed by atoms with van der Waals surface area (Å²) < 4.78 is 39.4. The van der Waals surface area contributed by atoms with Gasteiger partial charge in [-0.1, -0.05) is 18.2 Å². The Balaban J connectivity index is 2.29. The molecule has 0 saturated heterocycles. The minimum atomic E-state index is -0.990. The molecule has 19 heavy (non-hydrogen) atoms. The van der Waals surface area contributed by atoms with Gasteiger partial charge in [0.25, 0.3) is 0 Å². The van der Waals surface area contributed by atoms with E-state index in [4.69, 9.17) is 5.73 Å². The van der Waals surface area contributed by atoms with Gasteiger partial charge in [0.15, 0.2) is 0 Å². The predicted octanol–water partition coefficient (Wildman–Crippen LogP) is 3.52. The zero-order chi connectivity index (χ0) is 14.0. The Morgan fingerprint density at radius 1 is 0.947 bits per heavy atom. The summed E-state index contributed by atoms with van der Waals surface area (Å²) in [5.74, 6) is -1.65. The van der Waals surface area contributed by atoms with E-state index in [9.17, 15) is 13.2 Å². The molecule has 0 heterocycles. The molecule has 0 fully saturated rings. The van der Waals surface area contributed by atoms with Crippen molar-refractivity contribution in [2.45, 2.75) is 18.9 Å². The van der Waals surface area contributed by atoms with E-state index in [1.54, 1.807) is 19.1 Å². The molecule has 100 valence electrons. The van der Waals surface area contributed by atoms with Crippen LogP contribution < -0.4 is 5.73 Å². The Bertz CT molecular complexity index is 576. The van der Waals surface area contributed by atoms with E-state index in [2.05, 4.69) is 0 Å². The highest BCUT2D eigenvalue weighted by Gasteiger charge is 2.25. The van der Waals surface area contributed by atoms with Crippen molar-refractivity contribution in [3.63, 3.8) is 0 Å². The minimum absolute atomic E-state index is 0.234. The molecule has 0 aliphatic heterocycles. The molecule has 1 atom stereocenters. The third kappa shape index (κ3) is 3.15. The van der Waals surface area contributed by atoms with Gasteiger partial charge < -0.3 is 5.73 Å². The van der Waals surface area contributed by atoms with Crippen LogP contribution in [0.2, 0.25) is 0 Å². The molecule has 0 radical (unpaired) electrons. The molecule has 2 aromatic carbocycles. The summed E-state index contributed by atoms with van der Waals surface area (Å²) in [7, 11) is 0. The molecule has 0 saturated carbocycles. The van der Waals surface area contributed by atoms with Gasteiger partial charge in [-0.25, -0.2) is 13.2 Å². The molecule has 0 bridgehead atoms. The fraction of sp³-hybridized carbons (Fsp3) is 0.200. The molecular weight excluding hydrogens is 251 g/mol. The van der Waals surface area contributed by atoms with E-state index in [0.29, 0.717) is 6.42 Å². The Hall–Kier alpha value is -1.81. The molecule has 2 aromatic rings. The third-order valence-corrected chi connectivity index (χ3v) is 3.03. The number of hydrogen-bond donors (Lipinski definition) is 1. The van der Waals surface area contributed by atoms with Crippen molar-refractivity contribution >= 4 is 0 Å². The topological polar surface area (TPSA) is 26.0 Å². The molecule has 4 heteroatoms. The maximum absolute atomic E-state index is 13.7. The van der Waals surface area contributed by atoms with Crippen LogP contribution in [0.3, 0.4) is 0 Å². The second kappa shape index (κ2) is 5.05. The van der Waals surface area contributed by atoms with Gasteiger partial charge in [0, 0.05) is 17.2 Å². The lowest BCUT2D eigenvalue weighted by Crippen LogP contribution is -2.36. The summed E-state index contributed by atoms with van der Waals surface area (Å²) in [6, 6.07) is 9.18. The summed E-state index contributed by atoms with van der Waals surface area (Å²) >= 11 is 0. The first-order chi connectivity index (χ1) is 8.88. The zero-order valence-electron chi connectivity index (χ0n) is 10.5. The quantitative estimate of drug-likeness (QED) is 0.902. The molecule has 0 spiro atoms. The van der Waals surface area contributed by atoms with Crippen molar-refractivity contribution < 1.29 is 13.2 Å². The van der Waals surface area contributed by atoms with E-state index in [1.807, 2.05) is 0 Å². The lowest BCUT2D eigenvalue weighted by atomic mass is 9.86. The molecule has 0 amide bonds. The van der Waals surface area contributed by atoms with Gasteiger partial charge in [-0.2, -0.15) is 0 Å². The normalized spacial score (nSPS) is 14.2. The highest BCUT2D eigenvalue weighted by Crippen LogP contribution is 2.25. The van der Waals surface area contributed by atoms with Crippen LogP contribution in [0.15, 0.2) is 42.5 Å². The van der Waals surface area contributed by atoms with Crippen molar-refractivity contribution in [2.24, 2.45) is 5.73 Å². The van der Waals surface area contributed by atoms with Gasteiger partial charge >= 0.3 is 0 Å². The van der Waals surface area contributed by atoms with Crippen LogP contribution in [0, 0.1) is 17.5 Å². The number of halogens is 3. The van der Waals surface area contributed by atoms with E-state index < -0.39 is 17.2 Å². The lowest BCUT2D eigenvalue weighted by Gasteiger charge is -2.26. The Kier molecular flexibility index (Phi) is 3.62. The number of benzene rings is 2. The van der Waals surface area contributed by atoms with Crippen LogP contribution in [0.1, 0.15) is 18.1 Å². The summed E-state index contributed by atoms with van der Waals surface area (Å²) in [4.78, 5) is 0. The van der Waals surface area contributed by atoms with E-state index in [0.717, 1.165) is 11.6 Å². The minimum Gasteiger partial charge on any atom is -0.321 e.